The van der Waals surface area contributed by atoms with Gasteiger partial charge in [0.2, 0.25) is 0 Å². The molecule has 4 rings (SSSR count). The second-order valence-electron chi connectivity index (χ2n) is 6.84. The number of carbonyl (C=O) groups is 1. The molecule has 0 unspecified atom stereocenters. The molecule has 1 atom stereocenters. The van der Waals surface area contributed by atoms with Gasteiger partial charge < -0.3 is 13.9 Å². The minimum absolute atomic E-state index is 0.0700. The van der Waals surface area contributed by atoms with Crippen LogP contribution in [0.4, 0.5) is 0 Å². The zero-order valence-corrected chi connectivity index (χ0v) is 13.4. The molecule has 2 fully saturated rings. The van der Waals surface area contributed by atoms with Crippen molar-refractivity contribution in [2.24, 2.45) is 5.92 Å². The highest BCUT2D eigenvalue weighted by Gasteiger charge is 2.29. The van der Waals surface area contributed by atoms with Gasteiger partial charge in [-0.1, -0.05) is 6.42 Å². The van der Waals surface area contributed by atoms with Gasteiger partial charge in [-0.3, -0.25) is 4.79 Å². The van der Waals surface area contributed by atoms with Crippen LogP contribution in [0.25, 0.3) is 0 Å². The molecule has 2 aromatic rings. The van der Waals surface area contributed by atoms with Crippen LogP contribution in [0.15, 0.2) is 35.4 Å². The quantitative estimate of drug-likeness (QED) is 0.870. The van der Waals surface area contributed by atoms with Crippen LogP contribution >= 0.6 is 0 Å². The molecule has 0 radical (unpaired) electrons. The van der Waals surface area contributed by atoms with E-state index in [1.807, 2.05) is 11.1 Å². The van der Waals surface area contributed by atoms with Crippen molar-refractivity contribution in [2.75, 3.05) is 13.1 Å². The summed E-state index contributed by atoms with van der Waals surface area (Å²) >= 11 is 0. The molecule has 1 saturated heterocycles. The number of nitrogens with zero attached hydrogens (tertiary/aromatic N) is 3. The molecule has 2 aromatic heterocycles. The Kier molecular flexibility index (Phi) is 3.93. The van der Waals surface area contributed by atoms with Crippen molar-refractivity contribution in [1.29, 1.82) is 0 Å². The fraction of sp³-hybridized carbons (Fsp3) is 0.556. The molecule has 1 saturated carbocycles. The van der Waals surface area contributed by atoms with Crippen LogP contribution in [-0.2, 0) is 6.54 Å². The molecule has 122 valence electrons. The highest BCUT2D eigenvalue weighted by molar-refractivity contribution is 5.93. The van der Waals surface area contributed by atoms with Crippen molar-refractivity contribution in [3.8, 4) is 0 Å². The normalized spacial score (nSPS) is 22.1. The number of carbonyl (C=O) groups excluding carboxylic acids is 1. The van der Waals surface area contributed by atoms with Gasteiger partial charge in [-0.2, -0.15) is 0 Å². The summed E-state index contributed by atoms with van der Waals surface area (Å²) in [5, 5.41) is 0. The first-order valence-corrected chi connectivity index (χ1v) is 8.64. The second kappa shape index (κ2) is 6.22. The Hall–Kier alpha value is -2.04. The van der Waals surface area contributed by atoms with Gasteiger partial charge in [-0.15, -0.1) is 0 Å². The van der Waals surface area contributed by atoms with Crippen LogP contribution < -0.4 is 0 Å². The molecule has 2 aliphatic rings. The number of hydrogen-bond donors (Lipinski definition) is 0. The van der Waals surface area contributed by atoms with Crippen molar-refractivity contribution in [2.45, 2.75) is 44.6 Å². The minimum atomic E-state index is 0.0700. The molecule has 0 bridgehead atoms. The maximum atomic E-state index is 12.5. The SMILES string of the molecule is O=C(c1ccoc1)N1CCC[C@@H](c2nccn2CC2CCC2)C1. The summed E-state index contributed by atoms with van der Waals surface area (Å²) in [4.78, 5) is 19.1. The summed E-state index contributed by atoms with van der Waals surface area (Å²) < 4.78 is 7.36. The minimum Gasteiger partial charge on any atom is -0.472 e. The molecule has 1 aliphatic carbocycles. The predicted octanol–water partition coefficient (Wildman–Crippen LogP) is 3.30. The average molecular weight is 313 g/mol. The molecular weight excluding hydrogens is 290 g/mol. The lowest BCUT2D eigenvalue weighted by molar-refractivity contribution is 0.0702. The van der Waals surface area contributed by atoms with Crippen LogP contribution in [-0.4, -0.2) is 33.4 Å². The molecule has 3 heterocycles. The first-order valence-electron chi connectivity index (χ1n) is 8.64. The molecule has 0 aromatic carbocycles. The maximum Gasteiger partial charge on any atom is 0.257 e. The first kappa shape index (κ1) is 14.5. The zero-order valence-electron chi connectivity index (χ0n) is 13.4. The molecule has 23 heavy (non-hydrogen) atoms. The lowest BCUT2D eigenvalue weighted by atomic mass is 9.85. The molecule has 1 amide bonds. The van der Waals surface area contributed by atoms with Gasteiger partial charge in [0.1, 0.15) is 12.1 Å². The lowest BCUT2D eigenvalue weighted by Gasteiger charge is -2.33. The first-order chi connectivity index (χ1) is 11.3. The monoisotopic (exact) mass is 313 g/mol. The average Bonchev–Trinajstić information content (AvgIpc) is 3.21. The van der Waals surface area contributed by atoms with E-state index in [0.29, 0.717) is 11.5 Å². The van der Waals surface area contributed by atoms with Gasteiger partial charge in [0.25, 0.3) is 5.91 Å². The third-order valence-electron chi connectivity index (χ3n) is 5.27. The summed E-state index contributed by atoms with van der Waals surface area (Å²) in [6.45, 7) is 2.66. The van der Waals surface area contributed by atoms with E-state index in [2.05, 4.69) is 15.7 Å². The van der Waals surface area contributed by atoms with Gasteiger partial charge in [0.05, 0.1) is 11.8 Å². The Morgan fingerprint density at radius 1 is 1.30 bits per heavy atom. The molecule has 0 spiro atoms. The van der Waals surface area contributed by atoms with Gasteiger partial charge in [0, 0.05) is 37.9 Å². The van der Waals surface area contributed by atoms with E-state index in [0.717, 1.165) is 44.2 Å². The Bertz CT molecular complexity index is 658. The van der Waals surface area contributed by atoms with Crippen LogP contribution in [0, 0.1) is 5.92 Å². The fourth-order valence-corrected chi connectivity index (χ4v) is 3.73. The van der Waals surface area contributed by atoms with E-state index in [1.165, 1.54) is 25.5 Å². The maximum absolute atomic E-state index is 12.5. The molecule has 0 N–H and O–H groups in total. The topological polar surface area (TPSA) is 51.3 Å². The van der Waals surface area contributed by atoms with Crippen molar-refractivity contribution >= 4 is 5.91 Å². The number of imidazole rings is 1. The van der Waals surface area contributed by atoms with E-state index in [1.54, 1.807) is 12.3 Å². The predicted molar refractivity (Wildman–Crippen MR) is 86.2 cm³/mol. The van der Waals surface area contributed by atoms with E-state index in [9.17, 15) is 4.79 Å². The van der Waals surface area contributed by atoms with E-state index in [4.69, 9.17) is 4.42 Å². The zero-order chi connectivity index (χ0) is 15.6. The summed E-state index contributed by atoms with van der Waals surface area (Å²) in [6, 6.07) is 1.74. The Balaban J connectivity index is 1.47. The summed E-state index contributed by atoms with van der Waals surface area (Å²) in [5.41, 5.74) is 0.642. The molecule has 5 heteroatoms. The largest absolute Gasteiger partial charge is 0.472 e. The van der Waals surface area contributed by atoms with Crippen LogP contribution in [0.5, 0.6) is 0 Å². The smallest absolute Gasteiger partial charge is 0.257 e. The lowest BCUT2D eigenvalue weighted by Crippen LogP contribution is -2.39. The van der Waals surface area contributed by atoms with Gasteiger partial charge in [-0.25, -0.2) is 4.98 Å². The Morgan fingerprint density at radius 3 is 2.96 bits per heavy atom. The number of furan rings is 1. The molecular formula is C18H23N3O2. The number of hydrogen-bond acceptors (Lipinski definition) is 3. The standard InChI is InChI=1S/C18H23N3O2/c22-18(16-6-10-23-13-16)21-8-2-5-15(12-21)17-19-7-9-20(17)11-14-3-1-4-14/h6-7,9-10,13-15H,1-5,8,11-12H2/t15-/m1/s1. The van der Waals surface area contributed by atoms with Crippen molar-refractivity contribution in [1.82, 2.24) is 14.5 Å². The molecule has 1 aliphatic heterocycles. The van der Waals surface area contributed by atoms with Crippen LogP contribution in [0.1, 0.15) is 54.2 Å². The molecule has 5 nitrogen and oxygen atoms in total. The van der Waals surface area contributed by atoms with Crippen LogP contribution in [0.2, 0.25) is 0 Å². The second-order valence-corrected chi connectivity index (χ2v) is 6.84. The Labute approximate surface area is 136 Å². The summed E-state index contributed by atoms with van der Waals surface area (Å²) in [6.07, 6.45) is 13.3. The highest BCUT2D eigenvalue weighted by Crippen LogP contribution is 2.31. The summed E-state index contributed by atoms with van der Waals surface area (Å²) in [5.74, 6) is 2.38. The van der Waals surface area contributed by atoms with Gasteiger partial charge >= 0.3 is 0 Å². The van der Waals surface area contributed by atoms with Crippen molar-refractivity contribution in [3.05, 3.63) is 42.4 Å². The van der Waals surface area contributed by atoms with E-state index >= 15 is 0 Å². The fourth-order valence-electron chi connectivity index (χ4n) is 3.73. The number of amides is 1. The van der Waals surface area contributed by atoms with E-state index < -0.39 is 0 Å². The highest BCUT2D eigenvalue weighted by atomic mass is 16.3. The van der Waals surface area contributed by atoms with Crippen molar-refractivity contribution in [3.63, 3.8) is 0 Å². The summed E-state index contributed by atoms with van der Waals surface area (Å²) in [7, 11) is 0. The van der Waals surface area contributed by atoms with Gasteiger partial charge in [0.15, 0.2) is 0 Å². The van der Waals surface area contributed by atoms with Gasteiger partial charge in [-0.05, 0) is 37.7 Å². The number of piperidine rings is 1. The number of likely N-dealkylation sites (tertiary alicyclic amines) is 1. The third-order valence-corrected chi connectivity index (χ3v) is 5.27. The third kappa shape index (κ3) is 2.92. The number of aromatic nitrogens is 2. The Morgan fingerprint density at radius 2 is 2.22 bits per heavy atom. The van der Waals surface area contributed by atoms with Crippen LogP contribution in [0.3, 0.4) is 0 Å². The van der Waals surface area contributed by atoms with E-state index in [-0.39, 0.29) is 5.91 Å². The number of rotatable bonds is 4. The van der Waals surface area contributed by atoms with Crippen molar-refractivity contribution < 1.29 is 9.21 Å².